The fourth-order valence-corrected chi connectivity index (χ4v) is 3.20. The maximum Gasteiger partial charge on any atom is 0.259 e. The molecule has 1 aromatic carbocycles. The minimum absolute atomic E-state index is 0.320. The molecule has 3 heterocycles. The number of ether oxygens (including phenoxy) is 1. The molecule has 0 atom stereocenters. The Labute approximate surface area is 165 Å². The predicted molar refractivity (Wildman–Crippen MR) is 107 cm³/mol. The van der Waals surface area contributed by atoms with Crippen molar-refractivity contribution in [2.24, 2.45) is 5.73 Å². The highest BCUT2D eigenvalue weighted by molar-refractivity contribution is 5.95. The van der Waals surface area contributed by atoms with E-state index in [0.717, 1.165) is 16.8 Å². The molecule has 3 aromatic heterocycles. The van der Waals surface area contributed by atoms with E-state index in [4.69, 9.17) is 10.5 Å². The molecule has 9 nitrogen and oxygen atoms in total. The number of hydrogen-bond donors (Lipinski definition) is 2. The Morgan fingerprint density at radius 3 is 2.72 bits per heavy atom. The summed E-state index contributed by atoms with van der Waals surface area (Å²) < 4.78 is 6.76. The molecule has 0 bridgehead atoms. The molecule has 1 amide bonds. The van der Waals surface area contributed by atoms with Gasteiger partial charge in [-0.1, -0.05) is 5.21 Å². The molecule has 0 saturated carbocycles. The largest absolute Gasteiger partial charge is 0.495 e. The smallest absolute Gasteiger partial charge is 0.259 e. The average Bonchev–Trinajstić information content (AvgIpc) is 3.18. The quantitative estimate of drug-likeness (QED) is 0.547. The molecule has 0 spiro atoms. The first kappa shape index (κ1) is 18.4. The molecule has 0 unspecified atom stereocenters. The number of fused-ring (bicyclic) bond motifs is 1. The number of nitrogens with two attached hydrogens (primary N) is 1. The topological polar surface area (TPSA) is 129 Å². The number of methoxy groups -OCH3 is 1. The molecule has 9 heteroatoms. The van der Waals surface area contributed by atoms with Crippen molar-refractivity contribution in [1.29, 1.82) is 0 Å². The van der Waals surface area contributed by atoms with E-state index in [1.54, 1.807) is 42.3 Å². The number of hydrogen-bond acceptors (Lipinski definition) is 6. The van der Waals surface area contributed by atoms with Crippen molar-refractivity contribution in [3.63, 3.8) is 0 Å². The number of pyridine rings is 2. The summed E-state index contributed by atoms with van der Waals surface area (Å²) in [5, 5.41) is 9.02. The summed E-state index contributed by atoms with van der Waals surface area (Å²) in [6.07, 6.45) is 3.20. The number of rotatable bonds is 4. The summed E-state index contributed by atoms with van der Waals surface area (Å²) in [5.74, 6) is 0.1000. The third kappa shape index (κ3) is 3.12. The normalized spacial score (nSPS) is 11.0. The highest BCUT2D eigenvalue weighted by atomic mass is 16.5. The molecule has 4 rings (SSSR count). The number of nitrogens with one attached hydrogen (secondary N) is 1. The number of nitrogens with zero attached hydrogens (tertiary/aromatic N) is 4. The van der Waals surface area contributed by atoms with Gasteiger partial charge in [-0.05, 0) is 49.2 Å². The van der Waals surface area contributed by atoms with Gasteiger partial charge in [-0.3, -0.25) is 9.59 Å². The van der Waals surface area contributed by atoms with Crippen LogP contribution in [0.4, 0.5) is 0 Å². The standard InChI is InChI=1S/C20H18N6O3/c1-10-11(2)17(5-4-14(10)18(21)27)26-9-16(24-25-26)15-7-12-6-13(29-3)8-22-19(12)23-20(15)28/h4-9H,1-3H3,(H2,21,27)(H,22,23,28). The summed E-state index contributed by atoms with van der Waals surface area (Å²) in [5.41, 5.74) is 9.14. The zero-order valence-electron chi connectivity index (χ0n) is 16.1. The van der Waals surface area contributed by atoms with Crippen LogP contribution < -0.4 is 16.0 Å². The monoisotopic (exact) mass is 390 g/mol. The zero-order chi connectivity index (χ0) is 20.7. The van der Waals surface area contributed by atoms with Gasteiger partial charge in [-0.25, -0.2) is 9.67 Å². The Morgan fingerprint density at radius 2 is 2.00 bits per heavy atom. The van der Waals surface area contributed by atoms with Crippen molar-refractivity contribution in [2.45, 2.75) is 13.8 Å². The lowest BCUT2D eigenvalue weighted by molar-refractivity contribution is 0.0999. The van der Waals surface area contributed by atoms with Crippen LogP contribution in [0.5, 0.6) is 5.75 Å². The second-order valence-corrected chi connectivity index (χ2v) is 6.62. The van der Waals surface area contributed by atoms with Crippen LogP contribution in [0.1, 0.15) is 21.5 Å². The van der Waals surface area contributed by atoms with Crippen LogP contribution in [0.15, 0.2) is 41.5 Å². The predicted octanol–water partition coefficient (Wildman–Crippen LogP) is 1.90. The van der Waals surface area contributed by atoms with Gasteiger partial charge in [0.25, 0.3) is 5.56 Å². The Morgan fingerprint density at radius 1 is 1.21 bits per heavy atom. The lowest BCUT2D eigenvalue weighted by Crippen LogP contribution is -2.14. The number of benzene rings is 1. The molecule has 4 aromatic rings. The van der Waals surface area contributed by atoms with Crippen molar-refractivity contribution >= 4 is 16.9 Å². The number of primary amides is 1. The third-order valence-electron chi connectivity index (χ3n) is 4.94. The summed E-state index contributed by atoms with van der Waals surface area (Å²) in [4.78, 5) is 31.0. The van der Waals surface area contributed by atoms with Gasteiger partial charge in [0.2, 0.25) is 5.91 Å². The molecule has 0 fully saturated rings. The lowest BCUT2D eigenvalue weighted by Gasteiger charge is -2.10. The van der Waals surface area contributed by atoms with Gasteiger partial charge in [-0.15, -0.1) is 5.10 Å². The molecular weight excluding hydrogens is 372 g/mol. The first-order chi connectivity index (χ1) is 13.9. The van der Waals surface area contributed by atoms with E-state index in [1.807, 2.05) is 13.8 Å². The van der Waals surface area contributed by atoms with Gasteiger partial charge >= 0.3 is 0 Å². The second-order valence-electron chi connectivity index (χ2n) is 6.62. The van der Waals surface area contributed by atoms with Crippen LogP contribution in [0, 0.1) is 13.8 Å². The van der Waals surface area contributed by atoms with Crippen molar-refractivity contribution in [2.75, 3.05) is 7.11 Å². The highest BCUT2D eigenvalue weighted by Crippen LogP contribution is 2.23. The van der Waals surface area contributed by atoms with E-state index < -0.39 is 5.91 Å². The Balaban J connectivity index is 1.80. The Bertz CT molecular complexity index is 1320. The molecule has 0 aliphatic heterocycles. The van der Waals surface area contributed by atoms with E-state index in [-0.39, 0.29) is 5.56 Å². The second kappa shape index (κ2) is 6.86. The van der Waals surface area contributed by atoms with Crippen LogP contribution in [-0.2, 0) is 0 Å². The van der Waals surface area contributed by atoms with E-state index in [0.29, 0.717) is 33.6 Å². The number of carbonyl (C=O) groups excluding carboxylic acids is 1. The first-order valence-electron chi connectivity index (χ1n) is 8.79. The molecule has 3 N–H and O–H groups in total. The van der Waals surface area contributed by atoms with E-state index in [9.17, 15) is 9.59 Å². The van der Waals surface area contributed by atoms with Crippen molar-refractivity contribution < 1.29 is 9.53 Å². The maximum absolute atomic E-state index is 12.5. The van der Waals surface area contributed by atoms with Crippen LogP contribution in [0.2, 0.25) is 0 Å². The third-order valence-corrected chi connectivity index (χ3v) is 4.94. The minimum atomic E-state index is -0.483. The molecule has 0 aliphatic carbocycles. The van der Waals surface area contributed by atoms with Gasteiger partial charge in [0.1, 0.15) is 17.1 Å². The van der Waals surface area contributed by atoms with E-state index in [1.165, 1.54) is 6.20 Å². The van der Waals surface area contributed by atoms with Crippen molar-refractivity contribution in [1.82, 2.24) is 25.0 Å². The minimum Gasteiger partial charge on any atom is -0.495 e. The summed E-state index contributed by atoms with van der Waals surface area (Å²) >= 11 is 0. The number of carbonyl (C=O) groups is 1. The molecule has 0 aliphatic rings. The summed E-state index contributed by atoms with van der Waals surface area (Å²) in [6.45, 7) is 3.70. The maximum atomic E-state index is 12.5. The fraction of sp³-hybridized carbons (Fsp3) is 0.150. The summed E-state index contributed by atoms with van der Waals surface area (Å²) in [6, 6.07) is 6.89. The van der Waals surface area contributed by atoms with Crippen LogP contribution in [0.25, 0.3) is 28.0 Å². The molecule has 0 saturated heterocycles. The fourth-order valence-electron chi connectivity index (χ4n) is 3.20. The Hall–Kier alpha value is -4.01. The van der Waals surface area contributed by atoms with E-state index in [2.05, 4.69) is 20.3 Å². The highest BCUT2D eigenvalue weighted by Gasteiger charge is 2.15. The van der Waals surface area contributed by atoms with Gasteiger partial charge in [-0.2, -0.15) is 0 Å². The molecule has 146 valence electrons. The summed E-state index contributed by atoms with van der Waals surface area (Å²) in [7, 11) is 1.55. The Kier molecular flexibility index (Phi) is 4.34. The van der Waals surface area contributed by atoms with Gasteiger partial charge < -0.3 is 15.5 Å². The van der Waals surface area contributed by atoms with Gasteiger partial charge in [0.05, 0.1) is 30.8 Å². The SMILES string of the molecule is COc1cnc2[nH]c(=O)c(-c3cn(-c4ccc(C(N)=O)c(C)c4C)nn3)cc2c1. The number of aromatic amines is 1. The lowest BCUT2D eigenvalue weighted by atomic mass is 10.0. The number of aromatic nitrogens is 5. The zero-order valence-corrected chi connectivity index (χ0v) is 16.1. The molecule has 29 heavy (non-hydrogen) atoms. The number of amides is 1. The van der Waals surface area contributed by atoms with Crippen LogP contribution in [0.3, 0.4) is 0 Å². The van der Waals surface area contributed by atoms with Gasteiger partial charge in [0.15, 0.2) is 0 Å². The molecule has 0 radical (unpaired) electrons. The average molecular weight is 390 g/mol. The van der Waals surface area contributed by atoms with Crippen molar-refractivity contribution in [3.8, 4) is 22.7 Å². The van der Waals surface area contributed by atoms with E-state index >= 15 is 0 Å². The van der Waals surface area contributed by atoms with Crippen molar-refractivity contribution in [3.05, 3.63) is 63.7 Å². The number of H-pyrrole nitrogens is 1. The van der Waals surface area contributed by atoms with Crippen LogP contribution >= 0.6 is 0 Å². The van der Waals surface area contributed by atoms with Gasteiger partial charge in [0, 0.05) is 10.9 Å². The first-order valence-corrected chi connectivity index (χ1v) is 8.79. The molecular formula is C20H18N6O3. The van der Waals surface area contributed by atoms with Crippen LogP contribution in [-0.4, -0.2) is 38.0 Å².